The molecule has 0 bridgehead atoms. The molecule has 0 heterocycles. The molecule has 1 radical (unpaired) electrons. The number of carboxylic acid groups (broad SMARTS) is 2. The maximum Gasteiger partial charge on any atom is 2.00 e. The van der Waals surface area contributed by atoms with Crippen LogP contribution in [0.15, 0.2) is 0 Å². The number of carbonyl (C=O) groups is 2. The Morgan fingerprint density at radius 1 is 0.571 bits per heavy atom. The molecule has 0 aliphatic rings. The molecule has 0 aliphatic heterocycles. The van der Waals surface area contributed by atoms with Gasteiger partial charge < -0.3 is 19.8 Å². The molecule has 0 fully saturated rings. The summed E-state index contributed by atoms with van der Waals surface area (Å²) >= 11 is -0.171. The molecule has 0 aromatic rings. The molecule has 0 saturated carbocycles. The van der Waals surface area contributed by atoms with Crippen LogP contribution in [0.1, 0.15) is 112 Å². The first kappa shape index (κ1) is 35.4. The van der Waals surface area contributed by atoms with Crippen molar-refractivity contribution < 1.29 is 36.6 Å². The van der Waals surface area contributed by atoms with E-state index in [2.05, 4.69) is 34.6 Å². The third-order valence-electron chi connectivity index (χ3n) is 4.70. The Labute approximate surface area is 189 Å². The zero-order valence-corrected chi connectivity index (χ0v) is 21.3. The number of carbonyl (C=O) groups excluding carboxylic acids is 2. The van der Waals surface area contributed by atoms with Gasteiger partial charge in [0.15, 0.2) is 0 Å². The standard InChI is InChI=1S/2C8H16O2.3C2H5.Al.Co/c2*1-2-3-4-5-6-7-8(9)10;3*1-2;;/h2*2-7H2,1H3,(H,9,10);3*1H2,2H3;;/q;;;;;;+2/p-2. The summed E-state index contributed by atoms with van der Waals surface area (Å²) < 4.78 is 0. The Morgan fingerprint density at radius 3 is 1.04 bits per heavy atom. The van der Waals surface area contributed by atoms with Gasteiger partial charge in [-0.25, -0.2) is 0 Å². The number of carboxylic acids is 2. The molecule has 0 rings (SSSR count). The van der Waals surface area contributed by atoms with Crippen LogP contribution >= 0.6 is 0 Å². The van der Waals surface area contributed by atoms with Crippen molar-refractivity contribution in [1.82, 2.24) is 0 Å². The van der Waals surface area contributed by atoms with Crippen molar-refractivity contribution in [3.63, 3.8) is 0 Å². The van der Waals surface area contributed by atoms with Crippen LogP contribution in [0.5, 0.6) is 0 Å². The number of rotatable bonds is 15. The molecule has 0 aromatic carbocycles. The molecule has 28 heavy (non-hydrogen) atoms. The van der Waals surface area contributed by atoms with Crippen molar-refractivity contribution in [3.8, 4) is 0 Å². The Morgan fingerprint density at radius 2 is 0.857 bits per heavy atom. The van der Waals surface area contributed by atoms with Crippen molar-refractivity contribution >= 4 is 26.1 Å². The van der Waals surface area contributed by atoms with Gasteiger partial charge >= 0.3 is 16.8 Å². The predicted molar refractivity (Wildman–Crippen MR) is 114 cm³/mol. The minimum Gasteiger partial charge on any atom is -0.550 e. The minimum atomic E-state index is -0.920. The van der Waals surface area contributed by atoms with E-state index in [4.69, 9.17) is 0 Å². The van der Waals surface area contributed by atoms with Crippen LogP contribution in [0.3, 0.4) is 0 Å². The predicted octanol–water partition coefficient (Wildman–Crippen LogP) is 4.73. The third-order valence-corrected chi connectivity index (χ3v) is 8.17. The molecule has 169 valence electrons. The Kier molecular flexibility index (Phi) is 40.1. The van der Waals surface area contributed by atoms with Crippen LogP contribution in [0.2, 0.25) is 15.8 Å². The molecular formula is C22H45AlCoO4. The molecule has 4 nitrogen and oxygen atoms in total. The van der Waals surface area contributed by atoms with Gasteiger partial charge in [-0.3, -0.25) is 0 Å². The van der Waals surface area contributed by atoms with Gasteiger partial charge in [0.2, 0.25) is 0 Å². The van der Waals surface area contributed by atoms with E-state index < -0.39 is 11.9 Å². The van der Waals surface area contributed by atoms with Gasteiger partial charge in [0, 0.05) is 11.9 Å². The van der Waals surface area contributed by atoms with E-state index in [9.17, 15) is 19.8 Å². The number of hydrogen-bond acceptors (Lipinski definition) is 4. The van der Waals surface area contributed by atoms with Crippen molar-refractivity contribution in [2.75, 3.05) is 0 Å². The third kappa shape index (κ3) is 40.6. The summed E-state index contributed by atoms with van der Waals surface area (Å²) in [4.78, 5) is 19.8. The molecule has 0 spiro atoms. The van der Waals surface area contributed by atoms with Gasteiger partial charge in [-0.15, -0.1) is 0 Å². The molecule has 0 aliphatic carbocycles. The van der Waals surface area contributed by atoms with Crippen LogP contribution < -0.4 is 10.2 Å². The van der Waals surface area contributed by atoms with Gasteiger partial charge in [0.05, 0.1) is 0 Å². The normalized spacial score (nSPS) is 9.18. The van der Waals surface area contributed by atoms with Gasteiger partial charge in [-0.1, -0.05) is 102 Å². The van der Waals surface area contributed by atoms with Crippen LogP contribution in [-0.4, -0.2) is 26.1 Å². The summed E-state index contributed by atoms with van der Waals surface area (Å²) in [6.07, 6.45) is 11.2. The van der Waals surface area contributed by atoms with Crippen LogP contribution in [0.25, 0.3) is 0 Å². The van der Waals surface area contributed by atoms with Gasteiger partial charge in [0.25, 0.3) is 14.1 Å². The second kappa shape index (κ2) is 31.7. The maximum absolute atomic E-state index is 9.92. The molecule has 0 aromatic heterocycles. The molecule has 6 heteroatoms. The van der Waals surface area contributed by atoms with Crippen LogP contribution in [0, 0.1) is 0 Å². The summed E-state index contributed by atoms with van der Waals surface area (Å²) in [6, 6.07) is 0. The van der Waals surface area contributed by atoms with E-state index in [0.29, 0.717) is 0 Å². The van der Waals surface area contributed by atoms with Gasteiger partial charge in [-0.2, -0.15) is 0 Å². The molecule has 0 unspecified atom stereocenters. The van der Waals surface area contributed by atoms with E-state index in [1.54, 1.807) is 0 Å². The summed E-state index contributed by atoms with van der Waals surface area (Å²) in [5.41, 5.74) is 0. The first-order valence-corrected chi connectivity index (χ1v) is 13.7. The van der Waals surface area contributed by atoms with Crippen molar-refractivity contribution in [2.45, 2.75) is 128 Å². The van der Waals surface area contributed by atoms with Crippen molar-refractivity contribution in [3.05, 3.63) is 0 Å². The van der Waals surface area contributed by atoms with Crippen molar-refractivity contribution in [2.24, 2.45) is 0 Å². The fourth-order valence-corrected chi connectivity index (χ4v) is 4.34. The van der Waals surface area contributed by atoms with Crippen LogP contribution in [-0.2, 0) is 26.4 Å². The largest absolute Gasteiger partial charge is 2.00 e. The summed E-state index contributed by atoms with van der Waals surface area (Å²) in [5.74, 6) is -1.84. The van der Waals surface area contributed by atoms with E-state index in [1.165, 1.54) is 41.5 Å². The summed E-state index contributed by atoms with van der Waals surface area (Å²) in [5, 5.41) is 24.3. The zero-order valence-electron chi connectivity index (χ0n) is 19.2. The molecule has 0 saturated heterocycles. The number of aliphatic carboxylic acids is 2. The Hall–Kier alpha value is -0.0210. The van der Waals surface area contributed by atoms with Gasteiger partial charge in [0.1, 0.15) is 0 Å². The fraction of sp³-hybridized carbons (Fsp3) is 0.909. The van der Waals surface area contributed by atoms with Crippen molar-refractivity contribution in [1.29, 1.82) is 0 Å². The Bertz CT molecular complexity index is 281. The second-order valence-electron chi connectivity index (χ2n) is 7.16. The zero-order chi connectivity index (χ0) is 21.3. The van der Waals surface area contributed by atoms with E-state index in [0.717, 1.165) is 38.5 Å². The fourth-order valence-electron chi connectivity index (χ4n) is 2.61. The topological polar surface area (TPSA) is 80.3 Å². The van der Waals surface area contributed by atoms with Gasteiger partial charge in [-0.05, 0) is 25.7 Å². The molecule has 0 N–H and O–H groups in total. The van der Waals surface area contributed by atoms with E-state index in [-0.39, 0.29) is 43.8 Å². The Balaban J connectivity index is -0.000000154. The molecular weight excluding hydrogens is 414 g/mol. The monoisotopic (exact) mass is 459 g/mol. The molecule has 0 amide bonds. The van der Waals surface area contributed by atoms with E-state index in [1.807, 2.05) is 0 Å². The number of unbranched alkanes of at least 4 members (excludes halogenated alkanes) is 8. The summed E-state index contributed by atoms with van der Waals surface area (Å²) in [6.45, 7) is 11.2. The van der Waals surface area contributed by atoms with Crippen LogP contribution in [0.4, 0.5) is 0 Å². The summed E-state index contributed by atoms with van der Waals surface area (Å²) in [7, 11) is 0. The average Bonchev–Trinajstić information content (AvgIpc) is 2.63. The number of hydrogen-bond donors (Lipinski definition) is 0. The second-order valence-corrected chi connectivity index (χ2v) is 11.3. The maximum atomic E-state index is 9.92. The first-order valence-electron chi connectivity index (χ1n) is 11.3. The quantitative estimate of drug-likeness (QED) is 0.262. The SMILES string of the molecule is CCCCCCCC(=O)[O-].CCCCCCCC(=O)[O-].C[CH2][Al]([CH2]C)[CH2]C.[Co+2]. The minimum absolute atomic E-state index is 0. The molecule has 0 atom stereocenters. The smallest absolute Gasteiger partial charge is 0.550 e. The van der Waals surface area contributed by atoms with E-state index >= 15 is 0 Å². The average molecular weight is 460 g/mol. The first-order chi connectivity index (χ1) is 12.9.